The van der Waals surface area contributed by atoms with Crippen molar-refractivity contribution in [1.82, 2.24) is 0 Å². The smallest absolute Gasteiger partial charge is 0.162 e. The second-order valence-corrected chi connectivity index (χ2v) is 6.36. The molecule has 0 saturated carbocycles. The molecule has 3 rings (SSSR count). The lowest BCUT2D eigenvalue weighted by Gasteiger charge is -2.14. The first kappa shape index (κ1) is 21.4. The monoisotopic (exact) mass is 400 g/mol. The molecule has 0 unspecified atom stereocenters. The third-order valence-corrected chi connectivity index (χ3v) is 4.15. The zero-order valence-electron chi connectivity index (χ0n) is 16.7. The number of hydrogen-bond donors (Lipinski definition) is 0. The Bertz CT molecular complexity index is 743. The Hall–Kier alpha value is -2.30. The molecule has 29 heavy (non-hydrogen) atoms. The van der Waals surface area contributed by atoms with E-state index in [-0.39, 0.29) is 0 Å². The van der Waals surface area contributed by atoms with E-state index in [2.05, 4.69) is 24.0 Å². The largest absolute Gasteiger partial charge is 0.487 e. The molecule has 1 aromatic rings. The summed E-state index contributed by atoms with van der Waals surface area (Å²) >= 11 is 0. The van der Waals surface area contributed by atoms with Crippen molar-refractivity contribution in [3.05, 3.63) is 47.6 Å². The molecule has 6 heteroatoms. The van der Waals surface area contributed by atoms with Crippen LogP contribution >= 0.6 is 0 Å². The Kier molecular flexibility index (Phi) is 9.61. The van der Waals surface area contributed by atoms with Crippen LogP contribution < -0.4 is 9.47 Å². The van der Waals surface area contributed by atoms with Crippen molar-refractivity contribution < 1.29 is 28.4 Å². The van der Waals surface area contributed by atoms with Crippen LogP contribution in [0.2, 0.25) is 0 Å². The second kappa shape index (κ2) is 13.0. The lowest BCUT2D eigenvalue weighted by Crippen LogP contribution is -2.16. The molecule has 0 aromatic heterocycles. The van der Waals surface area contributed by atoms with Crippen molar-refractivity contribution in [1.29, 1.82) is 0 Å². The number of ether oxygens (including phenoxy) is 6. The molecule has 0 saturated heterocycles. The topological polar surface area (TPSA) is 55.4 Å². The van der Waals surface area contributed by atoms with Crippen LogP contribution in [0.15, 0.2) is 42.0 Å². The summed E-state index contributed by atoms with van der Waals surface area (Å²) in [4.78, 5) is 0. The number of rotatable bonds is 0. The van der Waals surface area contributed by atoms with Crippen LogP contribution in [0.1, 0.15) is 12.0 Å². The van der Waals surface area contributed by atoms with Crippen molar-refractivity contribution in [2.24, 2.45) is 0 Å². The van der Waals surface area contributed by atoms with E-state index in [1.54, 1.807) is 0 Å². The highest BCUT2D eigenvalue weighted by atomic mass is 16.6. The molecule has 1 aliphatic heterocycles. The first-order chi connectivity index (χ1) is 14.4. The first-order valence-corrected chi connectivity index (χ1v) is 10.0. The fourth-order valence-electron chi connectivity index (χ4n) is 2.70. The standard InChI is InChI=1S/C23H28O6/c1-2-4-20(3-1)5-6-21-7-8-22-23(19-21)29-18-16-27-14-12-25-10-9-24-11-13-26-15-17-28-22/h1,3-4,7-8,19H,2,9-18H2. The molecule has 6 nitrogen and oxygen atoms in total. The van der Waals surface area contributed by atoms with Gasteiger partial charge >= 0.3 is 0 Å². The Morgan fingerprint density at radius 3 is 1.79 bits per heavy atom. The molecule has 0 radical (unpaired) electrons. The van der Waals surface area contributed by atoms with Gasteiger partial charge in [-0.3, -0.25) is 0 Å². The molecule has 1 aliphatic carbocycles. The summed E-state index contributed by atoms with van der Waals surface area (Å²) in [5, 5.41) is 0. The summed E-state index contributed by atoms with van der Waals surface area (Å²) in [6.45, 7) is 5.00. The van der Waals surface area contributed by atoms with E-state index in [0.717, 1.165) is 17.6 Å². The summed E-state index contributed by atoms with van der Waals surface area (Å²) in [5.74, 6) is 7.66. The van der Waals surface area contributed by atoms with Gasteiger partial charge in [-0.15, -0.1) is 0 Å². The molecule has 0 atom stereocenters. The Labute approximate surface area is 172 Å². The Morgan fingerprint density at radius 2 is 1.21 bits per heavy atom. The van der Waals surface area contributed by atoms with Crippen LogP contribution in [0.25, 0.3) is 0 Å². The maximum Gasteiger partial charge on any atom is 0.162 e. The fraction of sp³-hybridized carbons (Fsp3) is 0.478. The van der Waals surface area contributed by atoms with Gasteiger partial charge in [-0.1, -0.05) is 30.1 Å². The van der Waals surface area contributed by atoms with Crippen LogP contribution in [0.3, 0.4) is 0 Å². The van der Waals surface area contributed by atoms with Crippen LogP contribution in [0.5, 0.6) is 11.5 Å². The van der Waals surface area contributed by atoms with E-state index in [4.69, 9.17) is 28.4 Å². The molecule has 1 aromatic carbocycles. The van der Waals surface area contributed by atoms with Crippen molar-refractivity contribution in [3.63, 3.8) is 0 Å². The third kappa shape index (κ3) is 8.30. The van der Waals surface area contributed by atoms with Crippen LogP contribution in [-0.4, -0.2) is 66.1 Å². The molecule has 156 valence electrons. The van der Waals surface area contributed by atoms with Crippen LogP contribution in [0, 0.1) is 11.8 Å². The maximum absolute atomic E-state index is 5.90. The summed E-state index contributed by atoms with van der Waals surface area (Å²) in [6, 6.07) is 5.72. The van der Waals surface area contributed by atoms with Crippen LogP contribution in [0.4, 0.5) is 0 Å². The maximum atomic E-state index is 5.90. The number of allylic oxidation sites excluding steroid dienone is 4. The summed E-state index contributed by atoms with van der Waals surface area (Å²) < 4.78 is 33.7. The van der Waals surface area contributed by atoms with Crippen LogP contribution in [-0.2, 0) is 18.9 Å². The average molecular weight is 400 g/mol. The lowest BCUT2D eigenvalue weighted by molar-refractivity contribution is -0.00841. The quantitative estimate of drug-likeness (QED) is 0.625. The minimum absolute atomic E-state index is 0.417. The number of benzene rings is 1. The van der Waals surface area contributed by atoms with E-state index < -0.39 is 0 Å². The average Bonchev–Trinajstić information content (AvgIpc) is 3.26. The van der Waals surface area contributed by atoms with Crippen molar-refractivity contribution >= 4 is 0 Å². The minimum Gasteiger partial charge on any atom is -0.487 e. The van der Waals surface area contributed by atoms with Crippen molar-refractivity contribution in [2.75, 3.05) is 66.1 Å². The molecular weight excluding hydrogens is 372 g/mol. The van der Waals surface area contributed by atoms with Gasteiger partial charge in [0.2, 0.25) is 0 Å². The van der Waals surface area contributed by atoms with E-state index in [1.807, 2.05) is 24.3 Å². The highest BCUT2D eigenvalue weighted by Gasteiger charge is 2.07. The van der Waals surface area contributed by atoms with Gasteiger partial charge in [-0.05, 0) is 24.6 Å². The van der Waals surface area contributed by atoms with Gasteiger partial charge in [-0.25, -0.2) is 0 Å². The molecular formula is C23H28O6. The van der Waals surface area contributed by atoms with Crippen molar-refractivity contribution in [3.8, 4) is 23.3 Å². The minimum atomic E-state index is 0.417. The molecule has 0 fully saturated rings. The van der Waals surface area contributed by atoms with E-state index in [1.165, 1.54) is 0 Å². The van der Waals surface area contributed by atoms with Gasteiger partial charge in [0.25, 0.3) is 0 Å². The molecule has 0 N–H and O–H groups in total. The normalized spacial score (nSPS) is 19.4. The van der Waals surface area contributed by atoms with E-state index in [0.29, 0.717) is 77.6 Å². The van der Waals surface area contributed by atoms with Gasteiger partial charge in [0, 0.05) is 11.1 Å². The Balaban J connectivity index is 1.61. The first-order valence-electron chi connectivity index (χ1n) is 10.0. The molecule has 2 aliphatic rings. The second-order valence-electron chi connectivity index (χ2n) is 6.36. The van der Waals surface area contributed by atoms with Crippen molar-refractivity contribution in [2.45, 2.75) is 6.42 Å². The van der Waals surface area contributed by atoms with Gasteiger partial charge in [-0.2, -0.15) is 0 Å². The number of fused-ring (bicyclic) bond motifs is 1. The fourth-order valence-corrected chi connectivity index (χ4v) is 2.70. The predicted octanol–water partition coefficient (Wildman–Crippen LogP) is 2.76. The number of hydrogen-bond acceptors (Lipinski definition) is 6. The predicted molar refractivity (Wildman–Crippen MR) is 109 cm³/mol. The summed E-state index contributed by atoms with van der Waals surface area (Å²) in [6.07, 6.45) is 7.18. The van der Waals surface area contributed by atoms with Gasteiger partial charge in [0.1, 0.15) is 13.2 Å². The van der Waals surface area contributed by atoms with Gasteiger partial charge in [0.05, 0.1) is 52.9 Å². The molecule has 0 amide bonds. The summed E-state index contributed by atoms with van der Waals surface area (Å²) in [7, 11) is 0. The molecule has 0 bridgehead atoms. The van der Waals surface area contributed by atoms with E-state index in [9.17, 15) is 0 Å². The molecule has 1 heterocycles. The SMILES string of the molecule is C(#Cc1ccc2c(c1)OCCOCCOCCOCCOCCO2)C1=CCC=C1. The summed E-state index contributed by atoms with van der Waals surface area (Å²) in [5.41, 5.74) is 1.91. The van der Waals surface area contributed by atoms with Gasteiger partial charge in [0.15, 0.2) is 11.5 Å². The highest BCUT2D eigenvalue weighted by molar-refractivity contribution is 5.52. The third-order valence-electron chi connectivity index (χ3n) is 4.15. The molecule has 0 spiro atoms. The van der Waals surface area contributed by atoms with E-state index >= 15 is 0 Å². The highest BCUT2D eigenvalue weighted by Crippen LogP contribution is 2.28. The zero-order chi connectivity index (χ0) is 20.0. The van der Waals surface area contributed by atoms with Gasteiger partial charge < -0.3 is 28.4 Å². The Morgan fingerprint density at radius 1 is 0.621 bits per heavy atom. The lowest BCUT2D eigenvalue weighted by atomic mass is 10.2. The zero-order valence-corrected chi connectivity index (χ0v) is 16.7.